The molecule has 0 saturated heterocycles. The largest absolute Gasteiger partial charge is 1.00 e. The Labute approximate surface area is 209 Å². The van der Waals surface area contributed by atoms with Crippen molar-refractivity contribution in [1.29, 1.82) is 0 Å². The van der Waals surface area contributed by atoms with Gasteiger partial charge in [0.05, 0.1) is 0 Å². The van der Waals surface area contributed by atoms with Crippen molar-refractivity contribution in [2.24, 2.45) is 0 Å². The van der Waals surface area contributed by atoms with E-state index < -0.39 is 0 Å². The van der Waals surface area contributed by atoms with E-state index in [-0.39, 0.29) is 64.0 Å². The summed E-state index contributed by atoms with van der Waals surface area (Å²) < 4.78 is 0.787. The molecular weight excluding hydrogens is 503 g/mol. The van der Waals surface area contributed by atoms with Crippen LogP contribution in [-0.2, 0) is 33.2 Å². The van der Waals surface area contributed by atoms with Crippen LogP contribution in [0.4, 0.5) is 0 Å². The number of rotatable bonds is 3. The van der Waals surface area contributed by atoms with E-state index >= 15 is 0 Å². The Morgan fingerprint density at radius 1 is 0.833 bits per heavy atom. The minimum absolute atomic E-state index is 0. The molecule has 0 nitrogen and oxygen atoms in total. The van der Waals surface area contributed by atoms with Crippen LogP contribution in [0.5, 0.6) is 0 Å². The molecule has 0 aromatic heterocycles. The van der Waals surface area contributed by atoms with Gasteiger partial charge in [0.25, 0.3) is 0 Å². The summed E-state index contributed by atoms with van der Waals surface area (Å²) >= 11 is -0.367. The van der Waals surface area contributed by atoms with E-state index in [1.165, 1.54) is 27.8 Å². The van der Waals surface area contributed by atoms with Crippen molar-refractivity contribution in [2.45, 2.75) is 76.0 Å². The first-order valence-electron chi connectivity index (χ1n) is 10.4. The van der Waals surface area contributed by atoms with E-state index in [0.717, 1.165) is 3.63 Å². The number of hydrogen-bond acceptors (Lipinski definition) is 0. The molecule has 2 aromatic carbocycles. The summed E-state index contributed by atoms with van der Waals surface area (Å²) in [5.74, 6) is -0.0908. The molecule has 0 heterocycles. The molecule has 30 heavy (non-hydrogen) atoms. The molecule has 0 fully saturated rings. The molecule has 0 amide bonds. The summed E-state index contributed by atoms with van der Waals surface area (Å²) in [5, 5.41) is 0. The van der Waals surface area contributed by atoms with Crippen molar-refractivity contribution < 1.29 is 47.2 Å². The maximum absolute atomic E-state index is 2.51. The number of hydrogen-bond donors (Lipinski definition) is 0. The van der Waals surface area contributed by atoms with Gasteiger partial charge in [-0.2, -0.15) is 0 Å². The predicted molar refractivity (Wildman–Crippen MR) is 123 cm³/mol. The molecule has 0 spiro atoms. The number of benzene rings is 2. The maximum Gasteiger partial charge on any atom is -1.00 e. The summed E-state index contributed by atoms with van der Waals surface area (Å²) in [6.45, 7) is 21.3. The van der Waals surface area contributed by atoms with Gasteiger partial charge in [0.2, 0.25) is 0 Å². The third-order valence-corrected chi connectivity index (χ3v) is 14.8. The first kappa shape index (κ1) is 27.9. The van der Waals surface area contributed by atoms with Gasteiger partial charge < -0.3 is 24.8 Å². The molecule has 4 heteroatoms. The quantitative estimate of drug-likeness (QED) is 0.524. The molecule has 0 N–H and O–H groups in total. The van der Waals surface area contributed by atoms with E-state index in [2.05, 4.69) is 104 Å². The van der Waals surface area contributed by atoms with Gasteiger partial charge >= 0.3 is 186 Å². The van der Waals surface area contributed by atoms with Gasteiger partial charge in [-0.25, -0.2) is 0 Å². The van der Waals surface area contributed by atoms with E-state index in [9.17, 15) is 0 Å². The van der Waals surface area contributed by atoms with E-state index in [0.29, 0.717) is 0 Å². The molecule has 0 bridgehead atoms. The van der Waals surface area contributed by atoms with Crippen LogP contribution in [-0.4, -0.2) is 5.92 Å². The van der Waals surface area contributed by atoms with Gasteiger partial charge in [-0.1, -0.05) is 0 Å². The summed E-state index contributed by atoms with van der Waals surface area (Å²) in [6, 6.07) is 14.3. The smallest absolute Gasteiger partial charge is 1.00 e. The maximum atomic E-state index is 2.51. The second kappa shape index (κ2) is 10.2. The second-order valence-electron chi connectivity index (χ2n) is 10.6. The molecule has 1 atom stereocenters. The molecule has 0 aliphatic heterocycles. The van der Waals surface area contributed by atoms with Crippen LogP contribution in [0, 0.1) is 0 Å². The number of fused-ring (bicyclic) bond motifs is 1. The number of halogens is 2. The fourth-order valence-electron chi connectivity index (χ4n) is 3.93. The Hall–Kier alpha value is -0.140. The zero-order chi connectivity index (χ0) is 20.9. The number of allylic oxidation sites excluding steroid dienone is 1. The second-order valence-corrected chi connectivity index (χ2v) is 23.8. The molecule has 3 rings (SSSR count). The van der Waals surface area contributed by atoms with Crippen LogP contribution in [0.1, 0.15) is 74.3 Å². The van der Waals surface area contributed by atoms with Gasteiger partial charge in [-0.05, 0) is 0 Å². The van der Waals surface area contributed by atoms with Crippen molar-refractivity contribution in [3.05, 3.63) is 64.2 Å². The molecular formula is C26H35Cl2SiZr. The standard InChI is InChI=1S/C24H29.C2H6Si.2ClH.Zr/c1-16-11-17-9-8-10-21(22(17)12-16)18-13-19(23(2,3)4)15-20(14-18)24(5,6)7;1-3-2;;;/h8-15H,1-7H3;1-2H3;2*1H;/q;;;;+2/p-2. The van der Waals surface area contributed by atoms with Crippen molar-refractivity contribution in [3.63, 3.8) is 0 Å². The third-order valence-electron chi connectivity index (χ3n) is 5.69. The summed E-state index contributed by atoms with van der Waals surface area (Å²) in [7, 11) is 0. The SMILES string of the molecule is CC1=Cc2c(-c3cc(C(C)(C)C)cc(C(C)(C)C)c3)cccc2[CH]1[Zr+2][Si](C)C.[Cl-].[Cl-]. The van der Waals surface area contributed by atoms with Crippen LogP contribution < -0.4 is 24.8 Å². The third kappa shape index (κ3) is 6.00. The predicted octanol–water partition coefficient (Wildman–Crippen LogP) is 1.75. The van der Waals surface area contributed by atoms with Crippen LogP contribution in [0.15, 0.2) is 42.0 Å². The Balaban J connectivity index is 0.00000225. The molecule has 1 radical (unpaired) electrons. The molecule has 0 saturated carbocycles. The van der Waals surface area contributed by atoms with Crippen molar-refractivity contribution in [2.75, 3.05) is 0 Å². The zero-order valence-corrected chi connectivity index (χ0v) is 24.8. The Kier molecular flexibility index (Phi) is 9.48. The normalized spacial score (nSPS) is 15.7. The van der Waals surface area contributed by atoms with Crippen molar-refractivity contribution >= 4 is 12.0 Å². The fourth-order valence-corrected chi connectivity index (χ4v) is 12.8. The molecule has 1 aliphatic carbocycles. The van der Waals surface area contributed by atoms with Gasteiger partial charge in [-0.15, -0.1) is 0 Å². The monoisotopic (exact) mass is 535 g/mol. The minimum atomic E-state index is -0.367. The Morgan fingerprint density at radius 3 is 1.83 bits per heavy atom. The van der Waals surface area contributed by atoms with Gasteiger partial charge in [0.15, 0.2) is 0 Å². The van der Waals surface area contributed by atoms with Crippen LogP contribution >= 0.6 is 0 Å². The van der Waals surface area contributed by atoms with E-state index in [4.69, 9.17) is 0 Å². The average Bonchev–Trinajstić information content (AvgIpc) is 2.88. The van der Waals surface area contributed by atoms with Crippen molar-refractivity contribution in [1.82, 2.24) is 0 Å². The first-order chi connectivity index (χ1) is 12.9. The Bertz CT molecular complexity index is 885. The van der Waals surface area contributed by atoms with Gasteiger partial charge in [0.1, 0.15) is 0 Å². The van der Waals surface area contributed by atoms with E-state index in [1.54, 1.807) is 11.1 Å². The molecule has 1 unspecified atom stereocenters. The topological polar surface area (TPSA) is 0 Å². The fraction of sp³-hybridized carbons (Fsp3) is 0.462. The zero-order valence-electron chi connectivity index (χ0n) is 19.9. The minimum Gasteiger partial charge on any atom is -1.00 e. The molecule has 1 aliphatic rings. The van der Waals surface area contributed by atoms with Gasteiger partial charge in [-0.3, -0.25) is 0 Å². The summed E-state index contributed by atoms with van der Waals surface area (Å²) in [5.41, 5.74) is 10.7. The molecule has 161 valence electrons. The summed E-state index contributed by atoms with van der Waals surface area (Å²) in [6.07, 6.45) is 2.50. The first-order valence-corrected chi connectivity index (χ1v) is 18.0. The Morgan fingerprint density at radius 2 is 1.37 bits per heavy atom. The van der Waals surface area contributed by atoms with Gasteiger partial charge in [0, 0.05) is 0 Å². The average molecular weight is 538 g/mol. The van der Waals surface area contributed by atoms with Crippen molar-refractivity contribution in [3.8, 4) is 11.1 Å². The van der Waals surface area contributed by atoms with Crippen LogP contribution in [0.3, 0.4) is 0 Å². The van der Waals surface area contributed by atoms with E-state index in [1.807, 2.05) is 0 Å². The summed E-state index contributed by atoms with van der Waals surface area (Å²) in [4.78, 5) is 0. The molecule has 2 aromatic rings. The van der Waals surface area contributed by atoms with Crippen LogP contribution in [0.2, 0.25) is 13.1 Å². The van der Waals surface area contributed by atoms with Crippen LogP contribution in [0.25, 0.3) is 17.2 Å².